The highest BCUT2D eigenvalue weighted by Gasteiger charge is 2.22. The summed E-state index contributed by atoms with van der Waals surface area (Å²) in [6, 6.07) is 7.49. The third-order valence-electron chi connectivity index (χ3n) is 4.73. The molecule has 1 aromatic heterocycles. The van der Waals surface area contributed by atoms with Crippen LogP contribution in [0.4, 0.5) is 0 Å². The highest BCUT2D eigenvalue weighted by molar-refractivity contribution is 5.78. The quantitative estimate of drug-likeness (QED) is 0.858. The Morgan fingerprint density at radius 2 is 2.08 bits per heavy atom. The van der Waals surface area contributed by atoms with Crippen LogP contribution in [0.1, 0.15) is 25.5 Å². The van der Waals surface area contributed by atoms with Gasteiger partial charge in [-0.3, -0.25) is 4.79 Å². The van der Waals surface area contributed by atoms with E-state index in [9.17, 15) is 4.79 Å². The van der Waals surface area contributed by atoms with E-state index in [-0.39, 0.29) is 12.3 Å². The second kappa shape index (κ2) is 6.78. The van der Waals surface area contributed by atoms with Gasteiger partial charge >= 0.3 is 0 Å². The number of hydrogen-bond donors (Lipinski definition) is 0. The van der Waals surface area contributed by atoms with Crippen LogP contribution in [0, 0.1) is 5.92 Å². The molecule has 3 heterocycles. The van der Waals surface area contributed by atoms with Crippen molar-refractivity contribution in [3.63, 3.8) is 0 Å². The molecule has 1 aromatic carbocycles. The summed E-state index contributed by atoms with van der Waals surface area (Å²) in [5, 5.41) is 4.06. The second-order valence-corrected chi connectivity index (χ2v) is 6.80. The lowest BCUT2D eigenvalue weighted by molar-refractivity contribution is -0.132. The maximum absolute atomic E-state index is 12.5. The Labute approximate surface area is 146 Å². The predicted molar refractivity (Wildman–Crippen MR) is 91.6 cm³/mol. The maximum Gasteiger partial charge on any atom is 0.228 e. The fourth-order valence-electron chi connectivity index (χ4n) is 3.41. The maximum atomic E-state index is 12.5. The molecule has 1 saturated heterocycles. The molecule has 0 bridgehead atoms. The van der Waals surface area contributed by atoms with E-state index >= 15 is 0 Å². The van der Waals surface area contributed by atoms with Crippen molar-refractivity contribution in [2.24, 2.45) is 5.92 Å². The summed E-state index contributed by atoms with van der Waals surface area (Å²) < 4.78 is 16.6. The number of piperidine rings is 1. The average Bonchev–Trinajstić information content (AvgIpc) is 3.10. The predicted octanol–water partition coefficient (Wildman–Crippen LogP) is 2.91. The van der Waals surface area contributed by atoms with E-state index in [0.717, 1.165) is 30.8 Å². The van der Waals surface area contributed by atoms with Crippen molar-refractivity contribution >= 4 is 5.91 Å². The van der Waals surface area contributed by atoms with Crippen LogP contribution in [0.5, 0.6) is 11.5 Å². The summed E-state index contributed by atoms with van der Waals surface area (Å²) in [6.45, 7) is 4.98. The molecular weight excluding hydrogens is 320 g/mol. The van der Waals surface area contributed by atoms with Gasteiger partial charge in [-0.15, -0.1) is 0 Å². The lowest BCUT2D eigenvalue weighted by atomic mass is 10.00. The lowest BCUT2D eigenvalue weighted by Gasteiger charge is -2.30. The topological polar surface area (TPSA) is 64.8 Å². The zero-order valence-corrected chi connectivity index (χ0v) is 14.4. The molecule has 0 aliphatic carbocycles. The number of ether oxygens (including phenoxy) is 2. The van der Waals surface area contributed by atoms with Crippen molar-refractivity contribution in [1.82, 2.24) is 10.1 Å². The molecule has 1 unspecified atom stereocenters. The number of carbonyl (C=O) groups excluding carboxylic acids is 1. The molecule has 6 nitrogen and oxygen atoms in total. The van der Waals surface area contributed by atoms with E-state index in [1.54, 1.807) is 0 Å². The van der Waals surface area contributed by atoms with Crippen LogP contribution in [0.3, 0.4) is 0 Å². The van der Waals surface area contributed by atoms with E-state index in [4.69, 9.17) is 14.0 Å². The van der Waals surface area contributed by atoms with Gasteiger partial charge in [0.05, 0.1) is 12.1 Å². The van der Waals surface area contributed by atoms with Crippen LogP contribution in [-0.4, -0.2) is 42.3 Å². The summed E-state index contributed by atoms with van der Waals surface area (Å²) in [5.41, 5.74) is 1.52. The first-order valence-corrected chi connectivity index (χ1v) is 8.82. The number of nitrogens with zero attached hydrogens (tertiary/aromatic N) is 2. The SMILES string of the molecule is CC1CCCN(C(=O)Cc2cc(-c3ccc4c(c3)OCCO4)on2)C1. The van der Waals surface area contributed by atoms with Gasteiger partial charge in [0.25, 0.3) is 0 Å². The summed E-state index contributed by atoms with van der Waals surface area (Å²) >= 11 is 0. The van der Waals surface area contributed by atoms with Crippen LogP contribution in [-0.2, 0) is 11.2 Å². The molecule has 2 aliphatic heterocycles. The largest absolute Gasteiger partial charge is 0.486 e. The van der Waals surface area contributed by atoms with Gasteiger partial charge < -0.3 is 18.9 Å². The third-order valence-corrected chi connectivity index (χ3v) is 4.73. The van der Waals surface area contributed by atoms with Gasteiger partial charge in [-0.1, -0.05) is 12.1 Å². The van der Waals surface area contributed by atoms with E-state index < -0.39 is 0 Å². The van der Waals surface area contributed by atoms with Crippen molar-refractivity contribution in [3.05, 3.63) is 30.0 Å². The Hall–Kier alpha value is -2.50. The highest BCUT2D eigenvalue weighted by Crippen LogP contribution is 2.34. The van der Waals surface area contributed by atoms with Gasteiger partial charge in [0.1, 0.15) is 13.2 Å². The normalized spacial score (nSPS) is 19.7. The molecule has 1 atom stereocenters. The number of amides is 1. The zero-order chi connectivity index (χ0) is 17.2. The molecule has 6 heteroatoms. The monoisotopic (exact) mass is 342 g/mol. The number of fused-ring (bicyclic) bond motifs is 1. The molecule has 1 amide bonds. The van der Waals surface area contributed by atoms with E-state index in [0.29, 0.717) is 36.3 Å². The summed E-state index contributed by atoms with van der Waals surface area (Å²) in [7, 11) is 0. The van der Waals surface area contributed by atoms with Crippen LogP contribution in [0.2, 0.25) is 0 Å². The van der Waals surface area contributed by atoms with Gasteiger partial charge in [-0.05, 0) is 37.0 Å². The van der Waals surface area contributed by atoms with Crippen molar-refractivity contribution < 1.29 is 18.8 Å². The molecule has 132 valence electrons. The van der Waals surface area contributed by atoms with Gasteiger partial charge in [0.15, 0.2) is 17.3 Å². The lowest BCUT2D eigenvalue weighted by Crippen LogP contribution is -2.39. The molecule has 0 radical (unpaired) electrons. The van der Waals surface area contributed by atoms with Crippen molar-refractivity contribution in [3.8, 4) is 22.8 Å². The molecule has 4 rings (SSSR count). The van der Waals surface area contributed by atoms with Gasteiger partial charge in [0.2, 0.25) is 5.91 Å². The number of rotatable bonds is 3. The van der Waals surface area contributed by atoms with E-state index in [1.165, 1.54) is 6.42 Å². The van der Waals surface area contributed by atoms with Crippen molar-refractivity contribution in [1.29, 1.82) is 0 Å². The Balaban J connectivity index is 1.46. The third kappa shape index (κ3) is 3.48. The van der Waals surface area contributed by atoms with Gasteiger partial charge in [-0.25, -0.2) is 0 Å². The van der Waals surface area contributed by atoms with Crippen LogP contribution < -0.4 is 9.47 Å². The average molecular weight is 342 g/mol. The molecule has 0 N–H and O–H groups in total. The second-order valence-electron chi connectivity index (χ2n) is 6.80. The molecule has 0 spiro atoms. The number of likely N-dealkylation sites (tertiary alicyclic amines) is 1. The number of carbonyl (C=O) groups is 1. The highest BCUT2D eigenvalue weighted by atomic mass is 16.6. The Kier molecular flexibility index (Phi) is 4.34. The first-order chi connectivity index (χ1) is 12.2. The summed E-state index contributed by atoms with van der Waals surface area (Å²) in [6.07, 6.45) is 2.55. The number of aromatic nitrogens is 1. The molecule has 25 heavy (non-hydrogen) atoms. The molecule has 2 aromatic rings. The first kappa shape index (κ1) is 16.0. The fourth-order valence-corrected chi connectivity index (χ4v) is 3.41. The molecular formula is C19H22N2O4. The fraction of sp³-hybridized carbons (Fsp3) is 0.474. The minimum absolute atomic E-state index is 0.119. The number of benzene rings is 1. The van der Waals surface area contributed by atoms with E-state index in [2.05, 4.69) is 12.1 Å². The smallest absolute Gasteiger partial charge is 0.228 e. The standard InChI is InChI=1S/C19H22N2O4/c1-13-3-2-6-21(12-13)19(22)11-15-10-17(25-20-15)14-4-5-16-18(9-14)24-8-7-23-16/h4-5,9-10,13H,2-3,6-8,11-12H2,1H3. The zero-order valence-electron chi connectivity index (χ0n) is 14.4. The van der Waals surface area contributed by atoms with E-state index in [1.807, 2.05) is 29.2 Å². The summed E-state index contributed by atoms with van der Waals surface area (Å²) in [4.78, 5) is 14.4. The number of hydrogen-bond acceptors (Lipinski definition) is 5. The van der Waals surface area contributed by atoms with Crippen molar-refractivity contribution in [2.45, 2.75) is 26.2 Å². The van der Waals surface area contributed by atoms with Crippen molar-refractivity contribution in [2.75, 3.05) is 26.3 Å². The van der Waals surface area contributed by atoms with Crippen LogP contribution in [0.25, 0.3) is 11.3 Å². The Morgan fingerprint density at radius 1 is 1.24 bits per heavy atom. The minimum Gasteiger partial charge on any atom is -0.486 e. The first-order valence-electron chi connectivity index (χ1n) is 8.82. The summed E-state index contributed by atoms with van der Waals surface area (Å²) in [5.74, 6) is 2.77. The molecule has 0 saturated carbocycles. The molecule has 2 aliphatic rings. The minimum atomic E-state index is 0.119. The van der Waals surface area contributed by atoms with Gasteiger partial charge in [-0.2, -0.15) is 0 Å². The van der Waals surface area contributed by atoms with Gasteiger partial charge in [0, 0.05) is 24.7 Å². The van der Waals surface area contributed by atoms with Crippen LogP contribution in [0.15, 0.2) is 28.8 Å². The Morgan fingerprint density at radius 3 is 2.92 bits per heavy atom. The Bertz CT molecular complexity index is 771. The van der Waals surface area contributed by atoms with Crippen LogP contribution >= 0.6 is 0 Å². The molecule has 1 fully saturated rings.